The largest absolute Gasteiger partial charge is 0.309 e. The van der Waals surface area contributed by atoms with Crippen molar-refractivity contribution in [2.24, 2.45) is 0 Å². The normalized spacial score (nSPS) is 11.0. The molecule has 0 spiro atoms. The zero-order valence-electron chi connectivity index (χ0n) is 29.3. The Morgan fingerprint density at radius 3 is 1.42 bits per heavy atom. The van der Waals surface area contributed by atoms with E-state index in [1.165, 1.54) is 60.8 Å². The van der Waals surface area contributed by atoms with E-state index in [2.05, 4.69) is 229 Å². The van der Waals surface area contributed by atoms with Crippen molar-refractivity contribution >= 4 is 27.8 Å². The molecule has 0 aliphatic heterocycles. The lowest BCUT2D eigenvalue weighted by molar-refractivity contribution is 1.30. The lowest BCUT2D eigenvalue weighted by atomic mass is 9.84. The molecule has 0 saturated carbocycles. The number of benzene rings is 9. The number of nitrogens with zero attached hydrogens (tertiary/aromatic N) is 1. The van der Waals surface area contributed by atoms with Gasteiger partial charge in [0.2, 0.25) is 0 Å². The molecule has 53 heavy (non-hydrogen) atoms. The second kappa shape index (κ2) is 14.3. The highest BCUT2D eigenvalue weighted by atomic mass is 15.1. The van der Waals surface area contributed by atoms with Crippen molar-refractivity contribution in [1.82, 2.24) is 0 Å². The molecule has 0 radical (unpaired) electrons. The molecule has 250 valence electrons. The molecule has 0 saturated heterocycles. The Labute approximate surface area is 311 Å². The second-order valence-corrected chi connectivity index (χ2v) is 13.3. The van der Waals surface area contributed by atoms with Gasteiger partial charge in [0.1, 0.15) is 0 Å². The highest BCUT2D eigenvalue weighted by Gasteiger charge is 2.23. The molecule has 0 aliphatic rings. The quantitative estimate of drug-likeness (QED) is 0.155. The lowest BCUT2D eigenvalue weighted by Crippen LogP contribution is -2.12. The van der Waals surface area contributed by atoms with Gasteiger partial charge >= 0.3 is 0 Å². The van der Waals surface area contributed by atoms with E-state index in [1.807, 2.05) is 0 Å². The van der Waals surface area contributed by atoms with Gasteiger partial charge in [0.05, 0.1) is 11.4 Å². The molecule has 0 bridgehead atoms. The molecule has 1 nitrogen and oxygen atoms in total. The Morgan fingerprint density at radius 1 is 0.245 bits per heavy atom. The van der Waals surface area contributed by atoms with Crippen LogP contribution in [0.3, 0.4) is 0 Å². The van der Waals surface area contributed by atoms with E-state index in [9.17, 15) is 0 Å². The minimum Gasteiger partial charge on any atom is -0.309 e. The molecule has 0 unspecified atom stereocenters. The van der Waals surface area contributed by atoms with Crippen LogP contribution in [0.4, 0.5) is 17.1 Å². The monoisotopic (exact) mass is 675 g/mol. The maximum absolute atomic E-state index is 2.44. The van der Waals surface area contributed by atoms with Gasteiger partial charge in [-0.1, -0.05) is 200 Å². The van der Waals surface area contributed by atoms with Crippen LogP contribution >= 0.6 is 0 Å². The molecule has 0 atom stereocenters. The molecule has 0 aliphatic carbocycles. The average Bonchev–Trinajstić information content (AvgIpc) is 3.25. The van der Waals surface area contributed by atoms with Crippen molar-refractivity contribution in [3.05, 3.63) is 224 Å². The first-order valence-corrected chi connectivity index (χ1v) is 18.2. The van der Waals surface area contributed by atoms with E-state index in [0.717, 1.165) is 22.6 Å². The van der Waals surface area contributed by atoms with Crippen molar-refractivity contribution in [2.75, 3.05) is 4.90 Å². The SMILES string of the molecule is c1ccc(-c2ccc(N(c3ccccc3-c3cccc(-c4ccccc4)c3-c3ccccc3-c3ccccc3)c3cccc4ccccc34)cc2)cc1. The molecule has 0 fully saturated rings. The zero-order chi connectivity index (χ0) is 35.4. The molecule has 9 rings (SSSR count). The summed E-state index contributed by atoms with van der Waals surface area (Å²) >= 11 is 0. The van der Waals surface area contributed by atoms with Crippen molar-refractivity contribution in [3.8, 4) is 55.6 Å². The van der Waals surface area contributed by atoms with Crippen molar-refractivity contribution in [3.63, 3.8) is 0 Å². The maximum atomic E-state index is 2.44. The summed E-state index contributed by atoms with van der Waals surface area (Å²) in [4.78, 5) is 2.44. The molecular weight excluding hydrogens is 639 g/mol. The van der Waals surface area contributed by atoms with Crippen LogP contribution in [-0.4, -0.2) is 0 Å². The fourth-order valence-electron chi connectivity index (χ4n) is 7.64. The fraction of sp³-hybridized carbons (Fsp3) is 0. The predicted octanol–water partition coefficient (Wildman–Crippen LogP) is 14.6. The van der Waals surface area contributed by atoms with Crippen LogP contribution in [0.15, 0.2) is 224 Å². The van der Waals surface area contributed by atoms with Gasteiger partial charge in [-0.25, -0.2) is 0 Å². The van der Waals surface area contributed by atoms with Crippen LogP contribution in [0.5, 0.6) is 0 Å². The first-order valence-electron chi connectivity index (χ1n) is 18.2. The van der Waals surface area contributed by atoms with Gasteiger partial charge in [-0.2, -0.15) is 0 Å². The minimum atomic E-state index is 1.10. The van der Waals surface area contributed by atoms with E-state index in [-0.39, 0.29) is 0 Å². The molecule has 1 heteroatoms. The Balaban J connectivity index is 1.31. The summed E-state index contributed by atoms with van der Waals surface area (Å²) < 4.78 is 0. The summed E-state index contributed by atoms with van der Waals surface area (Å²) in [6.07, 6.45) is 0. The topological polar surface area (TPSA) is 3.24 Å². The Kier molecular flexibility index (Phi) is 8.66. The Hall–Kier alpha value is -6.96. The van der Waals surface area contributed by atoms with Crippen LogP contribution in [0.1, 0.15) is 0 Å². The van der Waals surface area contributed by atoms with Crippen LogP contribution in [-0.2, 0) is 0 Å². The Bertz CT molecular complexity index is 2640. The standard InChI is InChI=1S/C52H37N/c1-4-18-38(19-5-1)39-34-36-43(37-35-39)53(50-33-16-25-41-24-10-11-27-45(41)50)51-32-15-14-28-47(51)49-31-17-30-46(42-22-8-3-9-23-42)52(49)48-29-13-12-26-44(48)40-20-6-2-7-21-40/h1-37H. The summed E-state index contributed by atoms with van der Waals surface area (Å²) in [5.74, 6) is 0. The molecular formula is C52H37N. The minimum absolute atomic E-state index is 1.10. The summed E-state index contributed by atoms with van der Waals surface area (Å²) in [6, 6.07) is 80.9. The first kappa shape index (κ1) is 32.0. The molecule has 9 aromatic rings. The van der Waals surface area contributed by atoms with Crippen molar-refractivity contribution in [2.45, 2.75) is 0 Å². The van der Waals surface area contributed by atoms with Gasteiger partial charge in [-0.05, 0) is 79.7 Å². The number of anilines is 3. The summed E-state index contributed by atoms with van der Waals surface area (Å²) in [6.45, 7) is 0. The van der Waals surface area contributed by atoms with Crippen LogP contribution in [0.2, 0.25) is 0 Å². The van der Waals surface area contributed by atoms with Gasteiger partial charge in [-0.3, -0.25) is 0 Å². The number of fused-ring (bicyclic) bond motifs is 1. The third-order valence-electron chi connectivity index (χ3n) is 10.1. The maximum Gasteiger partial charge on any atom is 0.0540 e. The predicted molar refractivity (Wildman–Crippen MR) is 226 cm³/mol. The number of para-hydroxylation sites is 1. The summed E-state index contributed by atoms with van der Waals surface area (Å²) in [5, 5.41) is 2.40. The van der Waals surface area contributed by atoms with E-state index in [4.69, 9.17) is 0 Å². The lowest BCUT2D eigenvalue weighted by Gasteiger charge is -2.30. The summed E-state index contributed by atoms with van der Waals surface area (Å²) in [7, 11) is 0. The third kappa shape index (κ3) is 6.20. The van der Waals surface area contributed by atoms with E-state index in [0.29, 0.717) is 0 Å². The third-order valence-corrected chi connectivity index (χ3v) is 10.1. The summed E-state index contributed by atoms with van der Waals surface area (Å²) in [5.41, 5.74) is 15.3. The molecule has 0 heterocycles. The van der Waals surface area contributed by atoms with Crippen LogP contribution in [0.25, 0.3) is 66.4 Å². The van der Waals surface area contributed by atoms with Crippen LogP contribution in [0, 0.1) is 0 Å². The van der Waals surface area contributed by atoms with Gasteiger partial charge in [0.25, 0.3) is 0 Å². The zero-order valence-corrected chi connectivity index (χ0v) is 29.3. The Morgan fingerprint density at radius 2 is 0.698 bits per heavy atom. The fourth-order valence-corrected chi connectivity index (χ4v) is 7.64. The van der Waals surface area contributed by atoms with E-state index < -0.39 is 0 Å². The average molecular weight is 676 g/mol. The van der Waals surface area contributed by atoms with Crippen molar-refractivity contribution < 1.29 is 0 Å². The molecule has 9 aromatic carbocycles. The number of hydrogen-bond donors (Lipinski definition) is 0. The highest BCUT2D eigenvalue weighted by molar-refractivity contribution is 6.05. The van der Waals surface area contributed by atoms with Gasteiger partial charge in [-0.15, -0.1) is 0 Å². The van der Waals surface area contributed by atoms with E-state index in [1.54, 1.807) is 0 Å². The highest BCUT2D eigenvalue weighted by Crippen LogP contribution is 2.49. The van der Waals surface area contributed by atoms with Gasteiger partial charge in [0.15, 0.2) is 0 Å². The second-order valence-electron chi connectivity index (χ2n) is 13.3. The molecule has 0 amide bonds. The number of hydrogen-bond acceptors (Lipinski definition) is 1. The van der Waals surface area contributed by atoms with Crippen LogP contribution < -0.4 is 4.90 Å². The van der Waals surface area contributed by atoms with Crippen molar-refractivity contribution in [1.29, 1.82) is 0 Å². The number of rotatable bonds is 8. The molecule has 0 N–H and O–H groups in total. The van der Waals surface area contributed by atoms with E-state index >= 15 is 0 Å². The molecule has 0 aromatic heterocycles. The smallest absolute Gasteiger partial charge is 0.0540 e. The van der Waals surface area contributed by atoms with Gasteiger partial charge in [0, 0.05) is 16.6 Å². The van der Waals surface area contributed by atoms with Gasteiger partial charge < -0.3 is 4.90 Å². The first-order chi connectivity index (χ1) is 26.3.